The second-order valence-electron chi connectivity index (χ2n) is 4.02. The van der Waals surface area contributed by atoms with Gasteiger partial charge in [0.05, 0.1) is 6.21 Å². The van der Waals surface area contributed by atoms with Gasteiger partial charge in [0.15, 0.2) is 0 Å². The normalized spacial score (nSPS) is 10.0. The molecule has 1 heterocycles. The second kappa shape index (κ2) is 7.94. The molecule has 4 nitrogen and oxygen atoms in total. The van der Waals surface area contributed by atoms with E-state index in [0.29, 0.717) is 11.3 Å². The summed E-state index contributed by atoms with van der Waals surface area (Å²) in [7, 11) is 0. The number of amides is 1. The number of nitrogens with one attached hydrogen (secondary N) is 1. The Morgan fingerprint density at radius 3 is 2.55 bits per heavy atom. The summed E-state index contributed by atoms with van der Waals surface area (Å²) in [5.74, 6) is 1.18. The Bertz CT molecular complexity index is 586. The predicted octanol–water partition coefficient (Wildman–Crippen LogP) is 3.69. The van der Waals surface area contributed by atoms with E-state index in [1.807, 2.05) is 52.0 Å². The van der Waals surface area contributed by atoms with Gasteiger partial charge in [-0.05, 0) is 38.1 Å². The van der Waals surface area contributed by atoms with Gasteiger partial charge in [0.1, 0.15) is 11.5 Å². The average molecular weight is 272 g/mol. The Labute approximate surface area is 119 Å². The van der Waals surface area contributed by atoms with Crippen molar-refractivity contribution in [2.75, 3.05) is 0 Å². The van der Waals surface area contributed by atoms with Crippen LogP contribution in [-0.4, -0.2) is 12.1 Å². The molecule has 0 aliphatic carbocycles. The molecule has 2 aromatic rings. The van der Waals surface area contributed by atoms with Gasteiger partial charge in [-0.3, -0.25) is 4.79 Å². The van der Waals surface area contributed by atoms with Crippen molar-refractivity contribution < 1.29 is 9.21 Å². The number of carbonyl (C=O) groups is 1. The minimum atomic E-state index is -0.238. The Balaban J connectivity index is 0.000000956. The first-order valence-corrected chi connectivity index (χ1v) is 6.61. The van der Waals surface area contributed by atoms with Crippen LogP contribution >= 0.6 is 0 Å². The molecule has 1 N–H and O–H groups in total. The summed E-state index contributed by atoms with van der Waals surface area (Å²) in [5.41, 5.74) is 4.08. The molecule has 20 heavy (non-hydrogen) atoms. The zero-order valence-corrected chi connectivity index (χ0v) is 12.3. The van der Waals surface area contributed by atoms with Crippen molar-refractivity contribution in [1.29, 1.82) is 0 Å². The molecule has 0 saturated carbocycles. The van der Waals surface area contributed by atoms with Crippen molar-refractivity contribution in [3.05, 3.63) is 59.0 Å². The van der Waals surface area contributed by atoms with Gasteiger partial charge in [-0.1, -0.05) is 31.5 Å². The number of rotatable bonds is 3. The SMILES string of the molecule is CC.Cc1cccc(C(=O)N/N=C/c2ccc(C)o2)c1. The minimum absolute atomic E-state index is 0.238. The summed E-state index contributed by atoms with van der Waals surface area (Å²) < 4.78 is 5.29. The average Bonchev–Trinajstić information content (AvgIpc) is 2.86. The van der Waals surface area contributed by atoms with Gasteiger partial charge in [0.25, 0.3) is 5.91 Å². The first-order valence-electron chi connectivity index (χ1n) is 6.61. The minimum Gasteiger partial charge on any atom is -0.460 e. The van der Waals surface area contributed by atoms with Crippen LogP contribution in [0.2, 0.25) is 0 Å². The van der Waals surface area contributed by atoms with Crippen LogP contribution in [0, 0.1) is 13.8 Å². The van der Waals surface area contributed by atoms with Crippen molar-refractivity contribution in [2.24, 2.45) is 5.10 Å². The molecule has 0 saturated heterocycles. The highest BCUT2D eigenvalue weighted by atomic mass is 16.3. The second-order valence-corrected chi connectivity index (χ2v) is 4.02. The molecule has 1 aromatic carbocycles. The van der Waals surface area contributed by atoms with E-state index in [0.717, 1.165) is 11.3 Å². The topological polar surface area (TPSA) is 54.6 Å². The lowest BCUT2D eigenvalue weighted by Gasteiger charge is -2.00. The molecule has 0 radical (unpaired) electrons. The summed E-state index contributed by atoms with van der Waals surface area (Å²) in [6.45, 7) is 7.79. The number of hydrazone groups is 1. The standard InChI is InChI=1S/C14H14N2O2.C2H6/c1-10-4-3-5-12(8-10)14(17)16-15-9-13-7-6-11(2)18-13;1-2/h3-9H,1-2H3,(H,16,17);1-2H3/b15-9+;. The van der Waals surface area contributed by atoms with Crippen molar-refractivity contribution in [3.8, 4) is 0 Å². The number of aryl methyl sites for hydroxylation is 2. The molecule has 0 spiro atoms. The van der Waals surface area contributed by atoms with Gasteiger partial charge >= 0.3 is 0 Å². The third-order valence-electron chi connectivity index (χ3n) is 2.40. The molecule has 0 fully saturated rings. The molecule has 0 bridgehead atoms. The van der Waals surface area contributed by atoms with Crippen molar-refractivity contribution >= 4 is 12.1 Å². The van der Waals surface area contributed by atoms with E-state index in [-0.39, 0.29) is 5.91 Å². The summed E-state index contributed by atoms with van der Waals surface area (Å²) in [4.78, 5) is 11.7. The molecule has 4 heteroatoms. The van der Waals surface area contributed by atoms with Gasteiger partial charge in [0, 0.05) is 5.56 Å². The molecule has 2 rings (SSSR count). The zero-order chi connectivity index (χ0) is 15.0. The van der Waals surface area contributed by atoms with Gasteiger partial charge in [0.2, 0.25) is 0 Å². The van der Waals surface area contributed by atoms with Crippen molar-refractivity contribution in [1.82, 2.24) is 5.43 Å². The monoisotopic (exact) mass is 272 g/mol. The number of hydrogen-bond donors (Lipinski definition) is 1. The van der Waals surface area contributed by atoms with Gasteiger partial charge in [-0.25, -0.2) is 5.43 Å². The maximum absolute atomic E-state index is 11.7. The van der Waals surface area contributed by atoms with Gasteiger partial charge in [-0.2, -0.15) is 5.10 Å². The Hall–Kier alpha value is -2.36. The lowest BCUT2D eigenvalue weighted by Crippen LogP contribution is -2.17. The number of hydrogen-bond acceptors (Lipinski definition) is 3. The van der Waals surface area contributed by atoms with Crippen LogP contribution in [0.3, 0.4) is 0 Å². The van der Waals surface area contributed by atoms with Crippen molar-refractivity contribution in [2.45, 2.75) is 27.7 Å². The number of carbonyl (C=O) groups excluding carboxylic acids is 1. The van der Waals surface area contributed by atoms with Gasteiger partial charge < -0.3 is 4.42 Å². The van der Waals surface area contributed by atoms with E-state index < -0.39 is 0 Å². The summed E-state index contributed by atoms with van der Waals surface area (Å²) in [6, 6.07) is 11.0. The molecule has 0 aliphatic heterocycles. The Morgan fingerprint density at radius 2 is 1.95 bits per heavy atom. The van der Waals surface area contributed by atoms with Crippen LogP contribution in [0.25, 0.3) is 0 Å². The highest BCUT2D eigenvalue weighted by Gasteiger charge is 2.03. The molecular weight excluding hydrogens is 252 g/mol. The fourth-order valence-electron chi connectivity index (χ4n) is 1.53. The van der Waals surface area contributed by atoms with Gasteiger partial charge in [-0.15, -0.1) is 0 Å². The third kappa shape index (κ3) is 4.72. The summed E-state index contributed by atoms with van der Waals surface area (Å²) in [5, 5.41) is 3.84. The quantitative estimate of drug-likeness (QED) is 0.684. The van der Waals surface area contributed by atoms with E-state index in [9.17, 15) is 4.79 Å². The zero-order valence-electron chi connectivity index (χ0n) is 12.3. The van der Waals surface area contributed by atoms with Crippen LogP contribution in [0.15, 0.2) is 45.9 Å². The highest BCUT2D eigenvalue weighted by molar-refractivity contribution is 5.94. The van der Waals surface area contributed by atoms with E-state index in [1.165, 1.54) is 6.21 Å². The van der Waals surface area contributed by atoms with Crippen LogP contribution in [-0.2, 0) is 0 Å². The molecule has 106 valence electrons. The van der Waals surface area contributed by atoms with Crippen LogP contribution in [0.1, 0.15) is 41.3 Å². The first kappa shape index (κ1) is 15.7. The number of furan rings is 1. The van der Waals surface area contributed by atoms with E-state index in [1.54, 1.807) is 12.1 Å². The van der Waals surface area contributed by atoms with E-state index >= 15 is 0 Å². The summed E-state index contributed by atoms with van der Waals surface area (Å²) >= 11 is 0. The molecule has 1 amide bonds. The molecule has 0 aliphatic rings. The molecule has 0 unspecified atom stereocenters. The van der Waals surface area contributed by atoms with Crippen LogP contribution in [0.5, 0.6) is 0 Å². The van der Waals surface area contributed by atoms with Crippen LogP contribution < -0.4 is 5.43 Å². The largest absolute Gasteiger partial charge is 0.460 e. The first-order chi connectivity index (χ1) is 9.65. The Morgan fingerprint density at radius 1 is 1.20 bits per heavy atom. The fraction of sp³-hybridized carbons (Fsp3) is 0.250. The van der Waals surface area contributed by atoms with Crippen LogP contribution in [0.4, 0.5) is 0 Å². The number of benzene rings is 1. The Kier molecular flexibility index (Phi) is 6.23. The molecule has 0 atom stereocenters. The maximum atomic E-state index is 11.7. The highest BCUT2D eigenvalue weighted by Crippen LogP contribution is 2.04. The predicted molar refractivity (Wildman–Crippen MR) is 81.0 cm³/mol. The third-order valence-corrected chi connectivity index (χ3v) is 2.40. The van der Waals surface area contributed by atoms with E-state index in [4.69, 9.17) is 4.42 Å². The number of nitrogens with zero attached hydrogens (tertiary/aromatic N) is 1. The fourth-order valence-corrected chi connectivity index (χ4v) is 1.53. The lowest BCUT2D eigenvalue weighted by atomic mass is 10.1. The molecular formula is C16H20N2O2. The van der Waals surface area contributed by atoms with E-state index in [2.05, 4.69) is 10.5 Å². The maximum Gasteiger partial charge on any atom is 0.271 e. The smallest absolute Gasteiger partial charge is 0.271 e. The summed E-state index contributed by atoms with van der Waals surface area (Å²) in [6.07, 6.45) is 1.47. The van der Waals surface area contributed by atoms with Crippen molar-refractivity contribution in [3.63, 3.8) is 0 Å². The molecule has 1 aromatic heterocycles. The lowest BCUT2D eigenvalue weighted by molar-refractivity contribution is 0.0955.